The third-order valence-electron chi connectivity index (χ3n) is 4.83. The first kappa shape index (κ1) is 21.4. The number of anilines is 1. The number of rotatable bonds is 6. The molecule has 1 heterocycles. The minimum absolute atomic E-state index is 0.0207. The standard InChI is InChI=1S/C21H25FN2O4S/c1-14-4-5-17(10-20(14)22)21(25)11-23-18-6-8-19(9-7-18)29(26,27)24-12-15(2)28-16(3)13-24/h4-10,15-16,23H,11-13H2,1-3H3. The Balaban J connectivity index is 1.65. The summed E-state index contributed by atoms with van der Waals surface area (Å²) in [6.45, 7) is 5.94. The molecule has 2 unspecified atom stereocenters. The van der Waals surface area contributed by atoms with Crippen molar-refractivity contribution in [3.63, 3.8) is 0 Å². The Morgan fingerprint density at radius 1 is 1.14 bits per heavy atom. The first-order chi connectivity index (χ1) is 13.7. The van der Waals surface area contributed by atoms with Gasteiger partial charge in [0.25, 0.3) is 0 Å². The summed E-state index contributed by atoms with van der Waals surface area (Å²) in [6, 6.07) is 10.6. The lowest BCUT2D eigenvalue weighted by Crippen LogP contribution is -2.48. The number of hydrogen-bond donors (Lipinski definition) is 1. The Morgan fingerprint density at radius 2 is 1.76 bits per heavy atom. The molecule has 8 heteroatoms. The van der Waals surface area contributed by atoms with Crippen LogP contribution in [0.3, 0.4) is 0 Å². The van der Waals surface area contributed by atoms with E-state index in [9.17, 15) is 17.6 Å². The smallest absolute Gasteiger partial charge is 0.243 e. The number of carbonyl (C=O) groups is 1. The van der Waals surface area contributed by atoms with Crippen molar-refractivity contribution in [1.82, 2.24) is 4.31 Å². The van der Waals surface area contributed by atoms with Crippen LogP contribution in [0.5, 0.6) is 0 Å². The molecule has 1 aliphatic heterocycles. The molecule has 156 valence electrons. The van der Waals surface area contributed by atoms with Gasteiger partial charge in [-0.25, -0.2) is 12.8 Å². The topological polar surface area (TPSA) is 75.7 Å². The molecule has 1 N–H and O–H groups in total. The van der Waals surface area contributed by atoms with Gasteiger partial charge < -0.3 is 10.1 Å². The van der Waals surface area contributed by atoms with Crippen LogP contribution in [0.2, 0.25) is 0 Å². The quantitative estimate of drug-likeness (QED) is 0.727. The summed E-state index contributed by atoms with van der Waals surface area (Å²) in [5, 5.41) is 2.95. The van der Waals surface area contributed by atoms with Crippen molar-refractivity contribution < 1.29 is 22.3 Å². The van der Waals surface area contributed by atoms with Gasteiger partial charge in [-0.05, 0) is 56.7 Å². The highest BCUT2D eigenvalue weighted by atomic mass is 32.2. The van der Waals surface area contributed by atoms with Crippen molar-refractivity contribution in [1.29, 1.82) is 0 Å². The van der Waals surface area contributed by atoms with Gasteiger partial charge in [0, 0.05) is 24.3 Å². The molecule has 0 spiro atoms. The predicted molar refractivity (Wildman–Crippen MR) is 109 cm³/mol. The van der Waals surface area contributed by atoms with Gasteiger partial charge in [-0.3, -0.25) is 4.79 Å². The van der Waals surface area contributed by atoms with Gasteiger partial charge in [-0.2, -0.15) is 4.31 Å². The highest BCUT2D eigenvalue weighted by molar-refractivity contribution is 7.89. The summed E-state index contributed by atoms with van der Waals surface area (Å²) in [4.78, 5) is 12.4. The molecule has 0 saturated carbocycles. The fourth-order valence-electron chi connectivity index (χ4n) is 3.27. The zero-order chi connectivity index (χ0) is 21.2. The lowest BCUT2D eigenvalue weighted by molar-refractivity contribution is -0.0440. The molecule has 0 bridgehead atoms. The van der Waals surface area contributed by atoms with E-state index in [0.717, 1.165) is 0 Å². The number of ether oxygens (including phenoxy) is 1. The van der Waals surface area contributed by atoms with Crippen molar-refractivity contribution in [3.8, 4) is 0 Å². The van der Waals surface area contributed by atoms with E-state index in [1.165, 1.54) is 22.5 Å². The predicted octanol–water partition coefficient (Wildman–Crippen LogP) is 3.23. The Kier molecular flexibility index (Phi) is 6.36. The summed E-state index contributed by atoms with van der Waals surface area (Å²) in [5.41, 5.74) is 1.37. The minimum Gasteiger partial charge on any atom is -0.378 e. The SMILES string of the molecule is Cc1ccc(C(=O)CNc2ccc(S(=O)(=O)N3CC(C)OC(C)C3)cc2)cc1F. The number of carbonyl (C=O) groups excluding carboxylic acids is 1. The summed E-state index contributed by atoms with van der Waals surface area (Å²) < 4.78 is 46.4. The number of aryl methyl sites for hydroxylation is 1. The average Bonchev–Trinajstić information content (AvgIpc) is 2.68. The third-order valence-corrected chi connectivity index (χ3v) is 6.67. The number of halogens is 1. The van der Waals surface area contributed by atoms with Gasteiger partial charge in [0.05, 0.1) is 23.6 Å². The second-order valence-corrected chi connectivity index (χ2v) is 9.28. The number of morpholine rings is 1. The van der Waals surface area contributed by atoms with Crippen molar-refractivity contribution in [2.75, 3.05) is 25.0 Å². The van der Waals surface area contributed by atoms with Gasteiger partial charge in [-0.1, -0.05) is 12.1 Å². The Hall–Kier alpha value is -2.29. The van der Waals surface area contributed by atoms with Crippen LogP contribution in [0.4, 0.5) is 10.1 Å². The van der Waals surface area contributed by atoms with E-state index in [-0.39, 0.29) is 35.0 Å². The van der Waals surface area contributed by atoms with Crippen molar-refractivity contribution >= 4 is 21.5 Å². The van der Waals surface area contributed by atoms with Crippen LogP contribution in [-0.4, -0.2) is 50.3 Å². The molecular weight excluding hydrogens is 395 g/mol. The van der Waals surface area contributed by atoms with Gasteiger partial charge in [0.2, 0.25) is 10.0 Å². The van der Waals surface area contributed by atoms with E-state index >= 15 is 0 Å². The first-order valence-corrected chi connectivity index (χ1v) is 10.9. The summed E-state index contributed by atoms with van der Waals surface area (Å²) in [7, 11) is -3.61. The number of ketones is 1. The number of nitrogens with one attached hydrogen (secondary N) is 1. The molecular formula is C21H25FN2O4S. The normalized spacial score (nSPS) is 20.4. The first-order valence-electron chi connectivity index (χ1n) is 9.45. The van der Waals surface area contributed by atoms with E-state index in [2.05, 4.69) is 5.32 Å². The van der Waals surface area contributed by atoms with Crippen molar-refractivity contribution in [3.05, 3.63) is 59.4 Å². The second kappa shape index (κ2) is 8.61. The number of hydrogen-bond acceptors (Lipinski definition) is 5. The third kappa shape index (κ3) is 5.01. The van der Waals surface area contributed by atoms with Crippen LogP contribution in [0.25, 0.3) is 0 Å². The van der Waals surface area contributed by atoms with E-state index < -0.39 is 15.8 Å². The number of nitrogens with zero attached hydrogens (tertiary/aromatic N) is 1. The molecule has 1 aliphatic rings. The number of Topliss-reactive ketones (excluding diaryl/α,β-unsaturated/α-hetero) is 1. The van der Waals surface area contributed by atoms with Gasteiger partial charge in [-0.15, -0.1) is 0 Å². The van der Waals surface area contributed by atoms with Gasteiger partial charge >= 0.3 is 0 Å². The molecule has 1 fully saturated rings. The van der Waals surface area contributed by atoms with Crippen molar-refractivity contribution in [2.24, 2.45) is 0 Å². The number of sulfonamides is 1. The van der Waals surface area contributed by atoms with Crippen LogP contribution in [0, 0.1) is 12.7 Å². The second-order valence-electron chi connectivity index (χ2n) is 7.34. The van der Waals surface area contributed by atoms with Crippen LogP contribution < -0.4 is 5.32 Å². The molecule has 29 heavy (non-hydrogen) atoms. The summed E-state index contributed by atoms with van der Waals surface area (Å²) >= 11 is 0. The van der Waals surface area contributed by atoms with Crippen LogP contribution >= 0.6 is 0 Å². The lowest BCUT2D eigenvalue weighted by Gasteiger charge is -2.34. The summed E-state index contributed by atoms with van der Waals surface area (Å²) in [5.74, 6) is -0.672. The van der Waals surface area contributed by atoms with Crippen LogP contribution in [0.1, 0.15) is 29.8 Å². The van der Waals surface area contributed by atoms with E-state index in [1.807, 2.05) is 13.8 Å². The fraction of sp³-hybridized carbons (Fsp3) is 0.381. The van der Waals surface area contributed by atoms with E-state index in [0.29, 0.717) is 24.3 Å². The molecule has 3 rings (SSSR count). The molecule has 2 aromatic rings. The van der Waals surface area contributed by atoms with Gasteiger partial charge in [0.15, 0.2) is 5.78 Å². The van der Waals surface area contributed by atoms with Crippen molar-refractivity contribution in [2.45, 2.75) is 37.9 Å². The van der Waals surface area contributed by atoms with E-state index in [1.54, 1.807) is 31.2 Å². The van der Waals surface area contributed by atoms with E-state index in [4.69, 9.17) is 4.74 Å². The monoisotopic (exact) mass is 420 g/mol. The highest BCUT2D eigenvalue weighted by Gasteiger charge is 2.32. The molecule has 2 atom stereocenters. The molecule has 6 nitrogen and oxygen atoms in total. The maximum absolute atomic E-state index is 13.6. The zero-order valence-electron chi connectivity index (χ0n) is 16.7. The molecule has 0 radical (unpaired) electrons. The largest absolute Gasteiger partial charge is 0.378 e. The number of benzene rings is 2. The Labute approximate surface area is 170 Å². The van der Waals surface area contributed by atoms with Crippen LogP contribution in [-0.2, 0) is 14.8 Å². The Bertz CT molecular complexity index is 982. The zero-order valence-corrected chi connectivity index (χ0v) is 17.5. The maximum atomic E-state index is 13.6. The molecule has 0 aromatic heterocycles. The lowest BCUT2D eigenvalue weighted by atomic mass is 10.1. The van der Waals surface area contributed by atoms with Crippen LogP contribution in [0.15, 0.2) is 47.4 Å². The average molecular weight is 421 g/mol. The minimum atomic E-state index is -3.61. The Morgan fingerprint density at radius 3 is 2.34 bits per heavy atom. The van der Waals surface area contributed by atoms with Gasteiger partial charge in [0.1, 0.15) is 5.82 Å². The maximum Gasteiger partial charge on any atom is 0.243 e. The summed E-state index contributed by atoms with van der Waals surface area (Å²) in [6.07, 6.45) is -0.320. The molecule has 2 aromatic carbocycles. The fourth-order valence-corrected chi connectivity index (χ4v) is 4.86. The molecule has 1 saturated heterocycles. The molecule has 0 aliphatic carbocycles. The molecule has 0 amide bonds. The highest BCUT2D eigenvalue weighted by Crippen LogP contribution is 2.22.